The van der Waals surface area contributed by atoms with Gasteiger partial charge in [-0.1, -0.05) is 12.1 Å². The Bertz CT molecular complexity index is 417. The fourth-order valence-electron chi connectivity index (χ4n) is 2.17. The molecular formula is C14H21N3O2. The third-order valence-electron chi connectivity index (χ3n) is 3.26. The summed E-state index contributed by atoms with van der Waals surface area (Å²) in [4.78, 5) is 11.6. The molecule has 1 aliphatic rings. The van der Waals surface area contributed by atoms with Crippen molar-refractivity contribution in [2.75, 3.05) is 20.2 Å². The zero-order valence-corrected chi connectivity index (χ0v) is 11.2. The van der Waals surface area contributed by atoms with Crippen molar-refractivity contribution in [3.63, 3.8) is 0 Å². The second-order valence-electron chi connectivity index (χ2n) is 4.71. The average Bonchev–Trinajstić information content (AvgIpc) is 2.96. The molecule has 0 aromatic heterocycles. The van der Waals surface area contributed by atoms with Gasteiger partial charge in [0.1, 0.15) is 5.75 Å². The van der Waals surface area contributed by atoms with Gasteiger partial charge in [0, 0.05) is 19.1 Å². The monoisotopic (exact) mass is 263 g/mol. The topological polar surface area (TPSA) is 62.4 Å². The van der Waals surface area contributed by atoms with Crippen LogP contribution in [0.5, 0.6) is 5.75 Å². The summed E-state index contributed by atoms with van der Waals surface area (Å²) in [5.41, 5.74) is 1.02. The molecule has 0 radical (unpaired) electrons. The zero-order valence-electron chi connectivity index (χ0n) is 11.2. The van der Waals surface area contributed by atoms with Crippen molar-refractivity contribution in [2.45, 2.75) is 25.4 Å². The molecule has 1 saturated heterocycles. The highest BCUT2D eigenvalue weighted by atomic mass is 16.5. The van der Waals surface area contributed by atoms with Crippen molar-refractivity contribution in [3.05, 3.63) is 29.8 Å². The van der Waals surface area contributed by atoms with Gasteiger partial charge in [-0.2, -0.15) is 0 Å². The molecule has 0 aliphatic carbocycles. The predicted octanol–water partition coefficient (Wildman–Crippen LogP) is 1.25. The van der Waals surface area contributed by atoms with E-state index in [1.165, 1.54) is 6.42 Å². The first-order valence-electron chi connectivity index (χ1n) is 6.66. The summed E-state index contributed by atoms with van der Waals surface area (Å²) in [5.74, 6) is 0.801. The van der Waals surface area contributed by atoms with E-state index in [1.54, 1.807) is 7.11 Å². The van der Waals surface area contributed by atoms with Crippen LogP contribution < -0.4 is 20.7 Å². The minimum Gasteiger partial charge on any atom is -0.497 e. The SMILES string of the molecule is COc1cccc(CNC(=O)NCC2CCCN2)c1. The highest BCUT2D eigenvalue weighted by molar-refractivity contribution is 5.73. The van der Waals surface area contributed by atoms with Crippen LogP contribution in [0.3, 0.4) is 0 Å². The normalized spacial score (nSPS) is 18.1. The molecular weight excluding hydrogens is 242 g/mol. The van der Waals surface area contributed by atoms with Crippen LogP contribution in [0.15, 0.2) is 24.3 Å². The summed E-state index contributed by atoms with van der Waals surface area (Å²) in [6, 6.07) is 7.96. The van der Waals surface area contributed by atoms with E-state index in [0.717, 1.165) is 24.3 Å². The lowest BCUT2D eigenvalue weighted by Gasteiger charge is -2.12. The van der Waals surface area contributed by atoms with Gasteiger partial charge in [-0.3, -0.25) is 0 Å². The van der Waals surface area contributed by atoms with Crippen LogP contribution in [0.25, 0.3) is 0 Å². The van der Waals surface area contributed by atoms with E-state index in [9.17, 15) is 4.79 Å². The Hall–Kier alpha value is -1.75. The minimum atomic E-state index is -0.128. The number of rotatable bonds is 5. The second-order valence-corrected chi connectivity index (χ2v) is 4.71. The smallest absolute Gasteiger partial charge is 0.315 e. The third kappa shape index (κ3) is 4.44. The molecule has 3 N–H and O–H groups in total. The molecule has 104 valence electrons. The van der Waals surface area contributed by atoms with Crippen molar-refractivity contribution in [3.8, 4) is 5.75 Å². The van der Waals surface area contributed by atoms with E-state index < -0.39 is 0 Å². The van der Waals surface area contributed by atoms with E-state index in [-0.39, 0.29) is 6.03 Å². The fourth-order valence-corrected chi connectivity index (χ4v) is 2.17. The lowest BCUT2D eigenvalue weighted by Crippen LogP contribution is -2.42. The van der Waals surface area contributed by atoms with Crippen LogP contribution in [0.1, 0.15) is 18.4 Å². The van der Waals surface area contributed by atoms with Crippen LogP contribution in [-0.2, 0) is 6.54 Å². The second kappa shape index (κ2) is 6.99. The lowest BCUT2D eigenvalue weighted by molar-refractivity contribution is 0.239. The Morgan fingerprint density at radius 1 is 1.47 bits per heavy atom. The predicted molar refractivity (Wildman–Crippen MR) is 74.3 cm³/mol. The molecule has 5 heteroatoms. The highest BCUT2D eigenvalue weighted by Crippen LogP contribution is 2.12. The zero-order chi connectivity index (χ0) is 13.5. The van der Waals surface area contributed by atoms with Gasteiger partial charge in [-0.05, 0) is 37.1 Å². The number of carbonyl (C=O) groups excluding carboxylic acids is 1. The Morgan fingerprint density at radius 2 is 2.37 bits per heavy atom. The van der Waals surface area contributed by atoms with Crippen molar-refractivity contribution >= 4 is 6.03 Å². The molecule has 1 aromatic rings. The summed E-state index contributed by atoms with van der Waals surface area (Å²) in [6.07, 6.45) is 2.33. The molecule has 0 saturated carbocycles. The molecule has 1 atom stereocenters. The minimum absolute atomic E-state index is 0.128. The summed E-state index contributed by atoms with van der Waals surface area (Å²) in [5, 5.41) is 9.06. The van der Waals surface area contributed by atoms with Crippen LogP contribution in [-0.4, -0.2) is 32.3 Å². The molecule has 5 nitrogen and oxygen atoms in total. The summed E-state index contributed by atoms with van der Waals surface area (Å²) in [6.45, 7) is 2.24. The van der Waals surface area contributed by atoms with Crippen molar-refractivity contribution in [1.29, 1.82) is 0 Å². The quantitative estimate of drug-likeness (QED) is 0.749. The lowest BCUT2D eigenvalue weighted by atomic mass is 10.2. The maximum atomic E-state index is 11.6. The Balaban J connectivity index is 1.70. The largest absolute Gasteiger partial charge is 0.497 e. The van der Waals surface area contributed by atoms with Crippen LogP contribution >= 0.6 is 0 Å². The maximum Gasteiger partial charge on any atom is 0.315 e. The Morgan fingerprint density at radius 3 is 3.11 bits per heavy atom. The molecule has 2 rings (SSSR count). The van der Waals surface area contributed by atoms with Crippen molar-refractivity contribution < 1.29 is 9.53 Å². The van der Waals surface area contributed by atoms with Crippen molar-refractivity contribution in [2.24, 2.45) is 0 Å². The number of benzene rings is 1. The number of ether oxygens (including phenoxy) is 1. The van der Waals surface area contributed by atoms with Gasteiger partial charge >= 0.3 is 6.03 Å². The molecule has 1 unspecified atom stereocenters. The van der Waals surface area contributed by atoms with Gasteiger partial charge in [-0.25, -0.2) is 4.79 Å². The van der Waals surface area contributed by atoms with E-state index in [1.807, 2.05) is 24.3 Å². The number of amides is 2. The molecule has 1 heterocycles. The number of hydrogen-bond acceptors (Lipinski definition) is 3. The van der Waals surface area contributed by atoms with E-state index in [4.69, 9.17) is 4.74 Å². The van der Waals surface area contributed by atoms with Gasteiger partial charge in [0.05, 0.1) is 7.11 Å². The van der Waals surface area contributed by atoms with E-state index in [0.29, 0.717) is 19.1 Å². The number of urea groups is 1. The molecule has 19 heavy (non-hydrogen) atoms. The molecule has 1 aliphatic heterocycles. The van der Waals surface area contributed by atoms with Crippen LogP contribution in [0.4, 0.5) is 4.79 Å². The van der Waals surface area contributed by atoms with Gasteiger partial charge in [0.25, 0.3) is 0 Å². The molecule has 1 fully saturated rings. The third-order valence-corrected chi connectivity index (χ3v) is 3.26. The first-order chi connectivity index (χ1) is 9.28. The molecule has 0 bridgehead atoms. The van der Waals surface area contributed by atoms with E-state index in [2.05, 4.69) is 16.0 Å². The first-order valence-corrected chi connectivity index (χ1v) is 6.66. The van der Waals surface area contributed by atoms with Gasteiger partial charge in [-0.15, -0.1) is 0 Å². The summed E-state index contributed by atoms with van der Waals surface area (Å²) in [7, 11) is 1.63. The van der Waals surface area contributed by atoms with Gasteiger partial charge in [0.2, 0.25) is 0 Å². The number of methoxy groups -OCH3 is 1. The van der Waals surface area contributed by atoms with E-state index >= 15 is 0 Å². The number of hydrogen-bond donors (Lipinski definition) is 3. The summed E-state index contributed by atoms with van der Waals surface area (Å²) < 4.78 is 5.14. The standard InChI is InChI=1S/C14H21N3O2/c1-19-13-6-2-4-11(8-13)9-16-14(18)17-10-12-5-3-7-15-12/h2,4,6,8,12,15H,3,5,7,9-10H2,1H3,(H2,16,17,18). The number of nitrogens with one attached hydrogen (secondary N) is 3. The Kier molecular flexibility index (Phi) is 5.03. The molecule has 1 aromatic carbocycles. The van der Waals surface area contributed by atoms with Gasteiger partial charge < -0.3 is 20.7 Å². The fraction of sp³-hybridized carbons (Fsp3) is 0.500. The highest BCUT2D eigenvalue weighted by Gasteiger charge is 2.14. The average molecular weight is 263 g/mol. The maximum absolute atomic E-state index is 11.6. The number of carbonyl (C=O) groups is 1. The Labute approximate surface area is 113 Å². The molecule has 2 amide bonds. The van der Waals surface area contributed by atoms with Crippen molar-refractivity contribution in [1.82, 2.24) is 16.0 Å². The van der Waals surface area contributed by atoms with Crippen LogP contribution in [0, 0.1) is 0 Å². The molecule has 0 spiro atoms. The first kappa shape index (κ1) is 13.7. The summed E-state index contributed by atoms with van der Waals surface area (Å²) >= 11 is 0. The van der Waals surface area contributed by atoms with Gasteiger partial charge in [0.15, 0.2) is 0 Å². The van der Waals surface area contributed by atoms with Crippen LogP contribution in [0.2, 0.25) is 0 Å².